The maximum atomic E-state index is 11.5. The number of methoxy groups -OCH3 is 1. The molecule has 0 radical (unpaired) electrons. The van der Waals surface area contributed by atoms with Crippen LogP contribution in [0.3, 0.4) is 0 Å². The van der Waals surface area contributed by atoms with E-state index in [9.17, 15) is 4.79 Å². The lowest BCUT2D eigenvalue weighted by atomic mass is 10.1. The fourth-order valence-electron chi connectivity index (χ4n) is 1.10. The van der Waals surface area contributed by atoms with Crippen LogP contribution in [0.15, 0.2) is 16.6 Å². The molecule has 0 atom stereocenters. The number of benzene rings is 1. The lowest BCUT2D eigenvalue weighted by Gasteiger charge is -2.10. The summed E-state index contributed by atoms with van der Waals surface area (Å²) in [7, 11) is 2.83. The van der Waals surface area contributed by atoms with Gasteiger partial charge in [0.05, 0.1) is 25.5 Å². The predicted octanol–water partition coefficient (Wildman–Crippen LogP) is 1.33. The first-order chi connectivity index (χ1) is 7.10. The number of rotatable bonds is 3. The first-order valence-electron chi connectivity index (χ1n) is 4.06. The standard InChI is InChI=1S/C9H11BrN2O3/c1-14-7-4-5(10)3-6(8(7)11)9(13)12-15-2/h3-4H,11H2,1-2H3,(H,12,13). The van der Waals surface area contributed by atoms with E-state index in [-0.39, 0.29) is 5.69 Å². The second-order valence-electron chi connectivity index (χ2n) is 2.70. The third kappa shape index (κ3) is 2.60. The van der Waals surface area contributed by atoms with Crippen LogP contribution >= 0.6 is 15.9 Å². The number of nitrogens with one attached hydrogen (secondary N) is 1. The van der Waals surface area contributed by atoms with Gasteiger partial charge in [-0.2, -0.15) is 0 Å². The van der Waals surface area contributed by atoms with Gasteiger partial charge in [-0.15, -0.1) is 0 Å². The number of hydrogen-bond acceptors (Lipinski definition) is 4. The maximum Gasteiger partial charge on any atom is 0.277 e. The minimum absolute atomic E-state index is 0.273. The van der Waals surface area contributed by atoms with Gasteiger partial charge >= 0.3 is 0 Å². The molecular weight excluding hydrogens is 264 g/mol. The third-order valence-corrected chi connectivity index (χ3v) is 2.22. The van der Waals surface area contributed by atoms with Gasteiger partial charge in [-0.25, -0.2) is 5.48 Å². The van der Waals surface area contributed by atoms with Gasteiger partial charge in [-0.1, -0.05) is 15.9 Å². The summed E-state index contributed by atoms with van der Waals surface area (Å²) < 4.78 is 5.72. The molecule has 3 N–H and O–H groups in total. The van der Waals surface area contributed by atoms with Crippen molar-refractivity contribution in [2.45, 2.75) is 0 Å². The second-order valence-corrected chi connectivity index (χ2v) is 3.62. The summed E-state index contributed by atoms with van der Waals surface area (Å²) in [6.45, 7) is 0. The molecule has 0 aromatic heterocycles. The van der Waals surface area contributed by atoms with E-state index in [0.717, 1.165) is 0 Å². The summed E-state index contributed by atoms with van der Waals surface area (Å²) in [5.74, 6) is 0.0141. The van der Waals surface area contributed by atoms with Crippen molar-refractivity contribution < 1.29 is 14.4 Å². The quantitative estimate of drug-likeness (QED) is 0.644. The minimum Gasteiger partial charge on any atom is -0.495 e. The number of hydrogen-bond donors (Lipinski definition) is 2. The van der Waals surface area contributed by atoms with Crippen LogP contribution < -0.4 is 16.0 Å². The van der Waals surface area contributed by atoms with Crippen molar-refractivity contribution in [3.8, 4) is 5.75 Å². The molecule has 1 amide bonds. The number of ether oxygens (including phenoxy) is 1. The normalized spacial score (nSPS) is 9.80. The largest absolute Gasteiger partial charge is 0.495 e. The molecule has 0 saturated carbocycles. The van der Waals surface area contributed by atoms with Crippen LogP contribution in [0.25, 0.3) is 0 Å². The van der Waals surface area contributed by atoms with Gasteiger partial charge in [0.1, 0.15) is 5.75 Å². The Hall–Kier alpha value is -1.27. The molecule has 0 fully saturated rings. The highest BCUT2D eigenvalue weighted by atomic mass is 79.9. The summed E-state index contributed by atoms with van der Waals surface area (Å²) in [4.78, 5) is 16.0. The fraction of sp³-hybridized carbons (Fsp3) is 0.222. The summed E-state index contributed by atoms with van der Waals surface area (Å²) in [5, 5.41) is 0. The zero-order valence-electron chi connectivity index (χ0n) is 8.33. The van der Waals surface area contributed by atoms with Crippen LogP contribution in [-0.4, -0.2) is 20.1 Å². The van der Waals surface area contributed by atoms with Crippen LogP contribution in [0.1, 0.15) is 10.4 Å². The van der Waals surface area contributed by atoms with Crippen LogP contribution in [-0.2, 0) is 4.84 Å². The molecule has 1 aromatic carbocycles. The maximum absolute atomic E-state index is 11.5. The van der Waals surface area contributed by atoms with Crippen molar-refractivity contribution in [2.24, 2.45) is 0 Å². The monoisotopic (exact) mass is 274 g/mol. The van der Waals surface area contributed by atoms with E-state index >= 15 is 0 Å². The molecule has 0 aliphatic rings. The summed E-state index contributed by atoms with van der Waals surface area (Å²) in [6.07, 6.45) is 0. The zero-order valence-corrected chi connectivity index (χ0v) is 9.92. The fourth-order valence-corrected chi connectivity index (χ4v) is 1.53. The number of nitrogen functional groups attached to an aromatic ring is 1. The highest BCUT2D eigenvalue weighted by molar-refractivity contribution is 9.10. The van der Waals surface area contributed by atoms with Gasteiger partial charge in [0, 0.05) is 4.47 Å². The second kappa shape index (κ2) is 4.99. The molecule has 5 nitrogen and oxygen atoms in total. The summed E-state index contributed by atoms with van der Waals surface area (Å²) in [5.41, 5.74) is 8.49. The van der Waals surface area contributed by atoms with E-state index in [2.05, 4.69) is 26.2 Å². The molecule has 0 saturated heterocycles. The van der Waals surface area contributed by atoms with Crippen molar-refractivity contribution >= 4 is 27.5 Å². The van der Waals surface area contributed by atoms with E-state index in [1.165, 1.54) is 14.2 Å². The number of hydroxylamine groups is 1. The molecule has 82 valence electrons. The van der Waals surface area contributed by atoms with E-state index in [4.69, 9.17) is 10.5 Å². The van der Waals surface area contributed by atoms with Gasteiger partial charge in [-0.05, 0) is 12.1 Å². The summed E-state index contributed by atoms with van der Waals surface area (Å²) in [6, 6.07) is 3.27. The highest BCUT2D eigenvalue weighted by Crippen LogP contribution is 2.29. The van der Waals surface area contributed by atoms with Gasteiger partial charge in [0.15, 0.2) is 0 Å². The topological polar surface area (TPSA) is 73.6 Å². The Labute approximate surface area is 95.6 Å². The highest BCUT2D eigenvalue weighted by Gasteiger charge is 2.14. The zero-order chi connectivity index (χ0) is 11.4. The first-order valence-corrected chi connectivity index (χ1v) is 4.85. The number of carbonyl (C=O) groups excluding carboxylic acids is 1. The predicted molar refractivity (Wildman–Crippen MR) is 59.6 cm³/mol. The molecule has 1 aromatic rings. The van der Waals surface area contributed by atoms with Gasteiger partial charge < -0.3 is 10.5 Å². The lowest BCUT2D eigenvalue weighted by molar-refractivity contribution is 0.0538. The Morgan fingerprint density at radius 3 is 2.67 bits per heavy atom. The van der Waals surface area contributed by atoms with Crippen molar-refractivity contribution in [1.29, 1.82) is 0 Å². The Morgan fingerprint density at radius 1 is 1.47 bits per heavy atom. The number of nitrogens with two attached hydrogens (primary N) is 1. The average molecular weight is 275 g/mol. The molecule has 0 aliphatic carbocycles. The van der Waals surface area contributed by atoms with Crippen LogP contribution in [0, 0.1) is 0 Å². The van der Waals surface area contributed by atoms with Gasteiger partial charge in [0.25, 0.3) is 5.91 Å². The SMILES string of the molecule is CONC(=O)c1cc(Br)cc(OC)c1N. The Bertz CT molecular complexity index is 382. The third-order valence-electron chi connectivity index (χ3n) is 1.77. The number of carbonyl (C=O) groups is 1. The Kier molecular flexibility index (Phi) is 3.93. The molecule has 1 rings (SSSR count). The molecular formula is C9H11BrN2O3. The van der Waals surface area contributed by atoms with Crippen LogP contribution in [0.5, 0.6) is 5.75 Å². The molecule has 15 heavy (non-hydrogen) atoms. The summed E-state index contributed by atoms with van der Waals surface area (Å²) >= 11 is 3.25. The average Bonchev–Trinajstić information content (AvgIpc) is 2.21. The van der Waals surface area contributed by atoms with Crippen LogP contribution in [0.2, 0.25) is 0 Å². The number of anilines is 1. The minimum atomic E-state index is -0.422. The molecule has 0 aliphatic heterocycles. The van der Waals surface area contributed by atoms with Gasteiger partial charge in [-0.3, -0.25) is 9.63 Å². The van der Waals surface area contributed by atoms with E-state index in [1.807, 2.05) is 0 Å². The first kappa shape index (κ1) is 11.8. The van der Waals surface area contributed by atoms with Gasteiger partial charge in [0.2, 0.25) is 0 Å². The molecule has 0 unspecified atom stereocenters. The van der Waals surface area contributed by atoms with E-state index in [1.54, 1.807) is 12.1 Å². The van der Waals surface area contributed by atoms with Crippen molar-refractivity contribution in [3.05, 3.63) is 22.2 Å². The molecule has 0 bridgehead atoms. The van der Waals surface area contributed by atoms with Crippen molar-refractivity contribution in [1.82, 2.24) is 5.48 Å². The van der Waals surface area contributed by atoms with E-state index in [0.29, 0.717) is 15.8 Å². The van der Waals surface area contributed by atoms with Crippen molar-refractivity contribution in [2.75, 3.05) is 20.0 Å². The molecule has 0 heterocycles. The smallest absolute Gasteiger partial charge is 0.277 e. The molecule has 0 spiro atoms. The number of amides is 1. The molecule has 6 heteroatoms. The van der Waals surface area contributed by atoms with Crippen molar-refractivity contribution in [3.63, 3.8) is 0 Å². The van der Waals surface area contributed by atoms with Crippen LogP contribution in [0.4, 0.5) is 5.69 Å². The lowest BCUT2D eigenvalue weighted by Crippen LogP contribution is -2.23. The number of halogens is 1. The Morgan fingerprint density at radius 2 is 2.13 bits per heavy atom. The van der Waals surface area contributed by atoms with E-state index < -0.39 is 5.91 Å². The Balaban J connectivity index is 3.17.